The van der Waals surface area contributed by atoms with Gasteiger partial charge in [0.05, 0.1) is 11.9 Å². The monoisotopic (exact) mass is 505 g/mol. The quantitative estimate of drug-likeness (QED) is 0.501. The molecular formula is C26H36FN3O4S. The Hall–Kier alpha value is -2.94. The lowest BCUT2D eigenvalue weighted by Crippen LogP contribution is -2.53. The first-order valence-electron chi connectivity index (χ1n) is 11.8. The maximum absolute atomic E-state index is 13.7. The molecule has 0 aliphatic heterocycles. The molecule has 0 radical (unpaired) electrons. The molecule has 0 heterocycles. The number of amides is 2. The van der Waals surface area contributed by atoms with E-state index >= 15 is 0 Å². The second-order valence-electron chi connectivity index (χ2n) is 8.95. The zero-order valence-corrected chi connectivity index (χ0v) is 22.2. The van der Waals surface area contributed by atoms with Gasteiger partial charge in [-0.2, -0.15) is 0 Å². The molecule has 0 saturated heterocycles. The van der Waals surface area contributed by atoms with Gasteiger partial charge in [-0.25, -0.2) is 12.8 Å². The topological polar surface area (TPSA) is 86.8 Å². The van der Waals surface area contributed by atoms with Crippen LogP contribution in [0.2, 0.25) is 0 Å². The molecule has 0 aliphatic carbocycles. The summed E-state index contributed by atoms with van der Waals surface area (Å²) in [4.78, 5) is 28.1. The molecule has 0 saturated carbocycles. The van der Waals surface area contributed by atoms with E-state index in [1.807, 2.05) is 26.8 Å². The van der Waals surface area contributed by atoms with Crippen molar-refractivity contribution in [2.75, 3.05) is 17.1 Å². The van der Waals surface area contributed by atoms with E-state index in [4.69, 9.17) is 0 Å². The van der Waals surface area contributed by atoms with Gasteiger partial charge < -0.3 is 10.2 Å². The Labute approximate surface area is 208 Å². The number of benzene rings is 2. The highest BCUT2D eigenvalue weighted by Gasteiger charge is 2.32. The lowest BCUT2D eigenvalue weighted by Gasteiger charge is -2.33. The van der Waals surface area contributed by atoms with Gasteiger partial charge in [0.25, 0.3) is 0 Å². The molecular weight excluding hydrogens is 469 g/mol. The van der Waals surface area contributed by atoms with Crippen molar-refractivity contribution in [2.45, 2.75) is 66.1 Å². The van der Waals surface area contributed by atoms with Crippen LogP contribution in [0.1, 0.15) is 50.3 Å². The highest BCUT2D eigenvalue weighted by Crippen LogP contribution is 2.25. The van der Waals surface area contributed by atoms with Gasteiger partial charge in [-0.1, -0.05) is 38.1 Å². The summed E-state index contributed by atoms with van der Waals surface area (Å²) < 4.78 is 40.0. The van der Waals surface area contributed by atoms with Gasteiger partial charge in [-0.05, 0) is 68.5 Å². The number of carbonyl (C=O) groups excluding carboxylic acids is 2. The number of hydrogen-bond donors (Lipinski definition) is 1. The lowest BCUT2D eigenvalue weighted by molar-refractivity contribution is -0.140. The van der Waals surface area contributed by atoms with Crippen LogP contribution >= 0.6 is 0 Å². The van der Waals surface area contributed by atoms with Crippen molar-refractivity contribution in [1.82, 2.24) is 10.2 Å². The fraction of sp³-hybridized carbons (Fsp3) is 0.462. The van der Waals surface area contributed by atoms with Crippen LogP contribution in [0, 0.1) is 19.7 Å². The molecule has 7 nitrogen and oxygen atoms in total. The third kappa shape index (κ3) is 7.78. The Kier molecular flexibility index (Phi) is 9.82. The Balaban J connectivity index is 2.47. The molecule has 0 bridgehead atoms. The predicted octanol–water partition coefficient (Wildman–Crippen LogP) is 3.93. The lowest BCUT2D eigenvalue weighted by atomic mass is 10.1. The number of nitrogens with one attached hydrogen (secondary N) is 1. The van der Waals surface area contributed by atoms with Crippen molar-refractivity contribution >= 4 is 27.5 Å². The van der Waals surface area contributed by atoms with Crippen LogP contribution < -0.4 is 9.62 Å². The number of anilines is 1. The Morgan fingerprint density at radius 3 is 2.20 bits per heavy atom. The first kappa shape index (κ1) is 28.3. The standard InChI is InChI=1S/C26H36FN3O4S/c1-7-20(5)28-26(32)23(8-2)29(16-21-11-13-22(27)14-12-21)25(31)17-30(35(6,33)34)24-15-18(3)9-10-19(24)4/h9-15,20,23H,7-8,16-17H2,1-6H3,(H,28,32)/t20-,23-/m1/s1. The molecule has 9 heteroatoms. The van der Waals surface area contributed by atoms with Crippen LogP contribution in [0.25, 0.3) is 0 Å². The number of sulfonamides is 1. The molecule has 2 atom stereocenters. The summed E-state index contributed by atoms with van der Waals surface area (Å²) >= 11 is 0. The van der Waals surface area contributed by atoms with Crippen molar-refractivity contribution in [3.8, 4) is 0 Å². The fourth-order valence-electron chi connectivity index (χ4n) is 3.73. The van der Waals surface area contributed by atoms with Crippen LogP contribution in [0.15, 0.2) is 42.5 Å². The highest BCUT2D eigenvalue weighted by atomic mass is 32.2. The second kappa shape index (κ2) is 12.2. The third-order valence-corrected chi connectivity index (χ3v) is 7.09. The van der Waals surface area contributed by atoms with Crippen molar-refractivity contribution in [1.29, 1.82) is 0 Å². The van der Waals surface area contributed by atoms with Crippen LogP contribution in [0.4, 0.5) is 10.1 Å². The smallest absolute Gasteiger partial charge is 0.244 e. The normalized spacial score (nSPS) is 13.1. The summed E-state index contributed by atoms with van der Waals surface area (Å²) in [6, 6.07) is 10.2. The maximum atomic E-state index is 13.7. The maximum Gasteiger partial charge on any atom is 0.244 e. The van der Waals surface area contributed by atoms with Gasteiger partial charge in [0.15, 0.2) is 0 Å². The molecule has 35 heavy (non-hydrogen) atoms. The van der Waals surface area contributed by atoms with E-state index in [9.17, 15) is 22.4 Å². The minimum absolute atomic E-state index is 0.0376. The van der Waals surface area contributed by atoms with E-state index in [-0.39, 0.29) is 18.5 Å². The van der Waals surface area contributed by atoms with Crippen LogP contribution in [-0.4, -0.2) is 50.0 Å². The van der Waals surface area contributed by atoms with E-state index in [1.165, 1.54) is 17.0 Å². The highest BCUT2D eigenvalue weighted by molar-refractivity contribution is 7.92. The van der Waals surface area contributed by atoms with Gasteiger partial charge in [-0.3, -0.25) is 13.9 Å². The molecule has 2 amide bonds. The van der Waals surface area contributed by atoms with E-state index in [1.54, 1.807) is 38.1 Å². The molecule has 0 fully saturated rings. The molecule has 1 N–H and O–H groups in total. The van der Waals surface area contributed by atoms with Crippen molar-refractivity contribution in [3.63, 3.8) is 0 Å². The van der Waals surface area contributed by atoms with Gasteiger partial charge in [0.1, 0.15) is 18.4 Å². The number of halogens is 1. The van der Waals surface area contributed by atoms with Gasteiger partial charge in [-0.15, -0.1) is 0 Å². The molecule has 2 aromatic carbocycles. The van der Waals surface area contributed by atoms with E-state index in [0.717, 1.165) is 22.5 Å². The molecule has 0 unspecified atom stereocenters. The Morgan fingerprint density at radius 1 is 1.03 bits per heavy atom. The summed E-state index contributed by atoms with van der Waals surface area (Å²) in [5.74, 6) is -1.24. The number of hydrogen-bond acceptors (Lipinski definition) is 4. The number of nitrogens with zero attached hydrogens (tertiary/aromatic N) is 2. The molecule has 192 valence electrons. The van der Waals surface area contributed by atoms with Crippen LogP contribution in [-0.2, 0) is 26.2 Å². The average Bonchev–Trinajstić information content (AvgIpc) is 2.79. The summed E-state index contributed by atoms with van der Waals surface area (Å²) in [5, 5.41) is 2.92. The minimum atomic E-state index is -3.80. The second-order valence-corrected chi connectivity index (χ2v) is 10.9. The molecule has 2 aromatic rings. The Bertz CT molecular complexity index is 1140. The average molecular weight is 506 g/mol. The minimum Gasteiger partial charge on any atom is -0.352 e. The zero-order valence-electron chi connectivity index (χ0n) is 21.3. The largest absolute Gasteiger partial charge is 0.352 e. The molecule has 0 aromatic heterocycles. The first-order chi connectivity index (χ1) is 16.4. The van der Waals surface area contributed by atoms with Crippen LogP contribution in [0.5, 0.6) is 0 Å². The third-order valence-electron chi connectivity index (χ3n) is 5.97. The number of carbonyl (C=O) groups is 2. The van der Waals surface area contributed by atoms with E-state index in [0.29, 0.717) is 23.2 Å². The summed E-state index contributed by atoms with van der Waals surface area (Å²) in [5.41, 5.74) is 2.61. The van der Waals surface area contributed by atoms with E-state index < -0.39 is 34.3 Å². The van der Waals surface area contributed by atoms with E-state index in [2.05, 4.69) is 5.32 Å². The predicted molar refractivity (Wildman–Crippen MR) is 137 cm³/mol. The number of rotatable bonds is 11. The number of aryl methyl sites for hydroxylation is 2. The van der Waals surface area contributed by atoms with Crippen molar-refractivity contribution in [3.05, 3.63) is 65.0 Å². The van der Waals surface area contributed by atoms with Crippen molar-refractivity contribution in [2.24, 2.45) is 0 Å². The van der Waals surface area contributed by atoms with Gasteiger partial charge >= 0.3 is 0 Å². The SMILES string of the molecule is CC[C@@H](C)NC(=O)[C@@H](CC)N(Cc1ccc(F)cc1)C(=O)CN(c1cc(C)ccc1C)S(C)(=O)=O. The Morgan fingerprint density at radius 2 is 1.66 bits per heavy atom. The molecule has 0 spiro atoms. The van der Waals surface area contributed by atoms with Crippen LogP contribution in [0.3, 0.4) is 0 Å². The van der Waals surface area contributed by atoms with Crippen molar-refractivity contribution < 1.29 is 22.4 Å². The van der Waals surface area contributed by atoms with Gasteiger partial charge in [0, 0.05) is 12.6 Å². The fourth-order valence-corrected chi connectivity index (χ4v) is 4.63. The van der Waals surface area contributed by atoms with Gasteiger partial charge in [0.2, 0.25) is 21.8 Å². The summed E-state index contributed by atoms with van der Waals surface area (Å²) in [6.07, 6.45) is 2.11. The summed E-state index contributed by atoms with van der Waals surface area (Å²) in [6.45, 7) is 8.82. The summed E-state index contributed by atoms with van der Waals surface area (Å²) in [7, 11) is -3.80. The zero-order chi connectivity index (χ0) is 26.3. The molecule has 0 aliphatic rings. The molecule has 2 rings (SSSR count). The first-order valence-corrected chi connectivity index (χ1v) is 13.6.